The van der Waals surface area contributed by atoms with Crippen LogP contribution in [-0.2, 0) is 24.3 Å². The van der Waals surface area contributed by atoms with Crippen molar-refractivity contribution in [3.05, 3.63) is 0 Å². The molecule has 22 heteroatoms. The van der Waals surface area contributed by atoms with Crippen LogP contribution in [0.2, 0.25) is 0 Å². The van der Waals surface area contributed by atoms with E-state index in [0.29, 0.717) is 14.1 Å². The van der Waals surface area contributed by atoms with Crippen molar-refractivity contribution in [2.75, 3.05) is 27.4 Å². The molecule has 0 aromatic carbocycles. The summed E-state index contributed by atoms with van der Waals surface area (Å²) in [6.07, 6.45) is -11.1. The lowest BCUT2D eigenvalue weighted by molar-refractivity contribution is -0.329. The maximum Gasteiger partial charge on any atom is 0.559 e. The van der Waals surface area contributed by atoms with Gasteiger partial charge in [-0.15, -0.1) is 17.6 Å². The second-order valence-corrected chi connectivity index (χ2v) is 6.43. The van der Waals surface area contributed by atoms with E-state index in [0.717, 1.165) is 0 Å². The van der Waals surface area contributed by atoms with Crippen LogP contribution in [0.5, 0.6) is 0 Å². The number of hydrogen-bond donors (Lipinski definition) is 1. The van der Waals surface area contributed by atoms with Crippen LogP contribution < -0.4 is 0 Å². The number of hydrogen-bond acceptors (Lipinski definition) is 5. The molecule has 1 fully saturated rings. The summed E-state index contributed by atoms with van der Waals surface area (Å²) in [6.45, 7) is -5.79. The van der Waals surface area contributed by atoms with E-state index < -0.39 is 65.9 Å². The summed E-state index contributed by atoms with van der Waals surface area (Å²) in [7, 11) is -5.86. The van der Waals surface area contributed by atoms with Gasteiger partial charge in [-0.25, -0.2) is 22.0 Å². The fourth-order valence-corrected chi connectivity index (χ4v) is 1.58. The molecular weight excluding hydrogens is 545 g/mol. The molecule has 1 rings (SSSR count). The molecule has 0 spiro atoms. The van der Waals surface area contributed by atoms with Gasteiger partial charge in [-0.1, -0.05) is 0 Å². The van der Waals surface area contributed by atoms with Gasteiger partial charge >= 0.3 is 39.8 Å². The first-order valence-electron chi connectivity index (χ1n) is 6.99. The zero-order valence-corrected chi connectivity index (χ0v) is 16.5. The van der Waals surface area contributed by atoms with Crippen molar-refractivity contribution < 1.29 is 93.0 Å². The third-order valence-electron chi connectivity index (χ3n) is 2.56. The number of ether oxygens (including phenoxy) is 3. The van der Waals surface area contributed by atoms with Gasteiger partial charge < -0.3 is 0 Å². The number of alkyl halides is 15. The second kappa shape index (κ2) is 12.4. The summed E-state index contributed by atoms with van der Waals surface area (Å²) in [6, 6.07) is -3.55. The third kappa shape index (κ3) is 11.1. The third-order valence-corrected chi connectivity index (χ3v) is 3.44. The first kappa shape index (κ1) is 36.3. The van der Waals surface area contributed by atoms with Crippen LogP contribution in [0.4, 0.5) is 65.9 Å². The van der Waals surface area contributed by atoms with E-state index in [9.17, 15) is 74.3 Å². The van der Waals surface area contributed by atoms with E-state index in [-0.39, 0.29) is 0 Å². The van der Waals surface area contributed by atoms with Crippen molar-refractivity contribution in [2.45, 2.75) is 42.5 Å². The van der Waals surface area contributed by atoms with Gasteiger partial charge in [0.25, 0.3) is 5.85 Å². The van der Waals surface area contributed by atoms with Gasteiger partial charge in [0.2, 0.25) is 0 Å². The van der Waals surface area contributed by atoms with Crippen molar-refractivity contribution >= 4 is 10.1 Å². The van der Waals surface area contributed by atoms with E-state index in [1.807, 2.05) is 0 Å². The predicted molar refractivity (Wildman–Crippen MR) is 74.0 cm³/mol. The van der Waals surface area contributed by atoms with Gasteiger partial charge in [0.15, 0.2) is 20.2 Å². The summed E-state index contributed by atoms with van der Waals surface area (Å²) in [5.74, 6) is -6.95. The largest absolute Gasteiger partial charge is 0.559 e. The minimum absolute atomic E-state index is 0.420. The molecule has 1 N–H and O–H groups in total. The van der Waals surface area contributed by atoms with Crippen molar-refractivity contribution in [1.82, 2.24) is 0 Å². The molecule has 0 radical (unpaired) electrons. The summed E-state index contributed by atoms with van der Waals surface area (Å²) in [5, 5.41) is -5.88. The van der Waals surface area contributed by atoms with Gasteiger partial charge in [0, 0.05) is 6.92 Å². The molecule has 6 nitrogen and oxygen atoms in total. The summed E-state index contributed by atoms with van der Waals surface area (Å²) < 4.78 is 207. The lowest BCUT2D eigenvalue weighted by Gasteiger charge is -2.22. The Morgan fingerprint density at radius 1 is 0.848 bits per heavy atom. The van der Waals surface area contributed by atoms with Crippen LogP contribution in [0.25, 0.3) is 0 Å². The summed E-state index contributed by atoms with van der Waals surface area (Å²) in [4.78, 5) is 0. The molecule has 204 valence electrons. The highest BCUT2D eigenvalue weighted by Crippen LogP contribution is 2.47. The molecule has 1 heterocycles. The molecule has 0 amide bonds. The molecule has 0 aliphatic carbocycles. The zero-order valence-electron chi connectivity index (χ0n) is 15.7. The highest BCUT2D eigenvalue weighted by Gasteiger charge is 2.68. The van der Waals surface area contributed by atoms with Crippen molar-refractivity contribution in [1.29, 1.82) is 0 Å². The van der Waals surface area contributed by atoms with Gasteiger partial charge in [-0.05, 0) is 0 Å². The number of halogens is 15. The Morgan fingerprint density at radius 2 is 1.21 bits per heavy atom. The quantitative estimate of drug-likeness (QED) is 0.365. The normalized spacial score (nSPS) is 27.9. The monoisotopic (exact) mass is 558 g/mol. The maximum absolute atomic E-state index is 13.0. The lowest BCUT2D eigenvalue weighted by Crippen LogP contribution is -2.48. The fraction of sp³-hybridized carbons (Fsp3) is 1.00. The molecule has 1 saturated heterocycles. The van der Waals surface area contributed by atoms with Crippen molar-refractivity contribution in [3.63, 3.8) is 0 Å². The fourth-order valence-electron chi connectivity index (χ4n) is 1.22. The van der Waals surface area contributed by atoms with Crippen molar-refractivity contribution in [2.24, 2.45) is 0 Å². The predicted octanol–water partition coefficient (Wildman–Crippen LogP) is 5.01. The van der Waals surface area contributed by atoms with Crippen LogP contribution in [0.3, 0.4) is 0 Å². The number of rotatable bonds is 6. The average Bonchev–Trinajstić information content (AvgIpc) is 2.80. The smallest absolute Gasteiger partial charge is 0.283 e. The molecule has 1 aliphatic heterocycles. The van der Waals surface area contributed by atoms with Crippen LogP contribution in [0.15, 0.2) is 0 Å². The Balaban J connectivity index is -0.000000428. The summed E-state index contributed by atoms with van der Waals surface area (Å²) >= 11 is 0. The average molecular weight is 558 g/mol. The van der Waals surface area contributed by atoms with Gasteiger partial charge in [0.1, 0.15) is 0 Å². The van der Waals surface area contributed by atoms with Crippen LogP contribution in [0, 0.1) is 0 Å². The van der Waals surface area contributed by atoms with Gasteiger partial charge in [0.05, 0.1) is 7.18 Å². The highest BCUT2D eigenvalue weighted by molar-refractivity contribution is 7.86. The first-order valence-corrected chi connectivity index (χ1v) is 8.44. The van der Waals surface area contributed by atoms with Crippen LogP contribution >= 0.6 is 0 Å². The van der Waals surface area contributed by atoms with Gasteiger partial charge in [-0.2, -0.15) is 30.4 Å². The molecule has 3 atom stereocenters. The van der Waals surface area contributed by atoms with E-state index in [2.05, 4.69) is 14.2 Å². The molecule has 1 aliphatic rings. The molecule has 0 saturated carbocycles. The molecule has 3 unspecified atom stereocenters. The topological polar surface area (TPSA) is 82.1 Å². The maximum atomic E-state index is 13.0. The minimum atomic E-state index is -6.36. The van der Waals surface area contributed by atoms with E-state index >= 15 is 0 Å². The van der Waals surface area contributed by atoms with Crippen LogP contribution in [0.1, 0.15) is 6.92 Å². The van der Waals surface area contributed by atoms with E-state index in [1.165, 1.54) is 0 Å². The Kier molecular flexibility index (Phi) is 13.7. The molecule has 0 aromatic rings. The summed E-state index contributed by atoms with van der Waals surface area (Å²) in [5.41, 5.74) is 0. The SMILES string of the molecule is CC1(F)OC(F)(CF)OC1(F)CF.CF.FC(F)(F)F.O=S(=O)(O)C(F)(F)C(F)(F)OCF. The molecule has 33 heavy (non-hydrogen) atoms. The first-order chi connectivity index (χ1) is 14.3. The lowest BCUT2D eigenvalue weighted by atomic mass is 10.2. The molecule has 0 aromatic heterocycles. The van der Waals surface area contributed by atoms with E-state index in [4.69, 9.17) is 4.55 Å². The highest BCUT2D eigenvalue weighted by atomic mass is 32.2. The van der Waals surface area contributed by atoms with E-state index in [1.54, 1.807) is 0 Å². The Bertz CT molecular complexity index is 666. The standard InChI is InChI=1S/C6H7F5O2.C3H3F5O4S.CF4.CH3F/c1-4(9)5(10,2-7)13-6(11,3-8)12-4;4-1-12-2(5,6)3(7,8)13(9,10)11;2-1(3,4)5;1-2/h2-3H2,1H3;1H2,(H,9,10,11);;1H3. The van der Waals surface area contributed by atoms with Crippen molar-refractivity contribution in [3.8, 4) is 0 Å². The molecular formula is C11H13F15O6S. The zero-order chi connectivity index (χ0) is 27.7. The minimum Gasteiger partial charge on any atom is -0.283 e. The Morgan fingerprint density at radius 3 is 1.39 bits per heavy atom. The van der Waals surface area contributed by atoms with Crippen LogP contribution in [-0.4, -0.2) is 75.9 Å². The Labute approximate surface area is 174 Å². The molecule has 0 bridgehead atoms. The Hall–Kier alpha value is -1.26. The second-order valence-electron chi connectivity index (χ2n) is 4.97. The van der Waals surface area contributed by atoms with Gasteiger partial charge in [-0.3, -0.25) is 23.2 Å².